The summed E-state index contributed by atoms with van der Waals surface area (Å²) in [5, 5.41) is 2.67. The summed E-state index contributed by atoms with van der Waals surface area (Å²) in [5.41, 5.74) is 4.31. The fourth-order valence-electron chi connectivity index (χ4n) is 4.85. The summed E-state index contributed by atoms with van der Waals surface area (Å²) in [6.45, 7) is 4.57. The Balaban J connectivity index is 1.49. The van der Waals surface area contributed by atoms with Gasteiger partial charge >= 0.3 is 0 Å². The van der Waals surface area contributed by atoms with E-state index in [1.165, 1.54) is 40.6 Å². The van der Waals surface area contributed by atoms with Crippen LogP contribution in [0.3, 0.4) is 0 Å². The lowest BCUT2D eigenvalue weighted by atomic mass is 10.0. The minimum Gasteiger partial charge on any atom is -0.274 e. The highest BCUT2D eigenvalue weighted by Crippen LogP contribution is 2.18. The molecule has 2 unspecified atom stereocenters. The Hall–Kier alpha value is -2.94. The van der Waals surface area contributed by atoms with Gasteiger partial charge in [0.25, 0.3) is 0 Å². The molecule has 29 heavy (non-hydrogen) atoms. The first-order chi connectivity index (χ1) is 14.4. The summed E-state index contributed by atoms with van der Waals surface area (Å²) in [4.78, 5) is 3.33. The van der Waals surface area contributed by atoms with E-state index in [2.05, 4.69) is 103 Å². The van der Waals surface area contributed by atoms with Crippen molar-refractivity contribution in [1.29, 1.82) is 0 Å². The molecule has 5 rings (SSSR count). The van der Waals surface area contributed by atoms with Gasteiger partial charge in [-0.3, -0.25) is 9.80 Å². The highest BCUT2D eigenvalue weighted by molar-refractivity contribution is 5.83. The van der Waals surface area contributed by atoms with Gasteiger partial charge in [-0.25, -0.2) is 0 Å². The van der Waals surface area contributed by atoms with Gasteiger partial charge in [0.2, 0.25) is 6.17 Å². The van der Waals surface area contributed by atoms with E-state index in [4.69, 9.17) is 0 Å². The molecule has 4 aromatic carbocycles. The lowest BCUT2D eigenvalue weighted by molar-refractivity contribution is -1.09. The third-order valence-corrected chi connectivity index (χ3v) is 6.24. The van der Waals surface area contributed by atoms with Crippen molar-refractivity contribution in [2.45, 2.75) is 19.3 Å². The van der Waals surface area contributed by atoms with Gasteiger partial charge in [0.1, 0.15) is 26.2 Å². The molecule has 4 aromatic rings. The molecule has 144 valence electrons. The van der Waals surface area contributed by atoms with E-state index in [1.807, 2.05) is 0 Å². The molecule has 1 saturated heterocycles. The topological polar surface area (TPSA) is 8.88 Å². The van der Waals surface area contributed by atoms with Crippen molar-refractivity contribution in [2.24, 2.45) is 0 Å². The summed E-state index contributed by atoms with van der Waals surface area (Å²) in [6, 6.07) is 37.7. The first-order valence-corrected chi connectivity index (χ1v) is 10.6. The molecule has 2 nitrogen and oxygen atoms in total. The van der Waals surface area contributed by atoms with Crippen LogP contribution in [0.25, 0.3) is 10.8 Å². The fourth-order valence-corrected chi connectivity index (χ4v) is 4.85. The second-order valence-corrected chi connectivity index (χ2v) is 8.18. The van der Waals surface area contributed by atoms with Crippen LogP contribution < -0.4 is 9.80 Å². The van der Waals surface area contributed by atoms with Gasteiger partial charge in [0.05, 0.1) is 5.56 Å². The molecule has 2 heteroatoms. The molecule has 0 aromatic heterocycles. The van der Waals surface area contributed by atoms with Crippen LogP contribution in [-0.4, -0.2) is 13.1 Å². The second-order valence-electron chi connectivity index (χ2n) is 8.18. The average molecular weight is 381 g/mol. The van der Waals surface area contributed by atoms with E-state index >= 15 is 0 Å². The molecule has 0 radical (unpaired) electrons. The lowest BCUT2D eigenvalue weighted by Crippen LogP contribution is -3.22. The van der Waals surface area contributed by atoms with E-state index in [0.29, 0.717) is 6.17 Å². The third-order valence-electron chi connectivity index (χ3n) is 6.24. The second kappa shape index (κ2) is 8.20. The largest absolute Gasteiger partial charge is 0.274 e. The Labute approximate surface area is 173 Å². The SMILES string of the molecule is c1ccc(C[NH+]2CC[NH+](Cc3ccccc3)C2c2ccc3ccccc3c2)cc1. The van der Waals surface area contributed by atoms with Crippen LogP contribution in [-0.2, 0) is 13.1 Å². The van der Waals surface area contributed by atoms with Crippen LogP contribution in [0.1, 0.15) is 22.9 Å². The van der Waals surface area contributed by atoms with Gasteiger partial charge in [0, 0.05) is 11.1 Å². The Bertz CT molecular complexity index is 1030. The van der Waals surface area contributed by atoms with E-state index in [-0.39, 0.29) is 0 Å². The van der Waals surface area contributed by atoms with Crippen molar-refractivity contribution in [1.82, 2.24) is 0 Å². The molecule has 1 aliphatic heterocycles. The number of fused-ring (bicyclic) bond motifs is 1. The molecule has 0 saturated carbocycles. The molecular formula is C27H28N2+2. The standard InChI is InChI=1S/C27H26N2/c1-3-9-22(10-4-1)20-28-17-18-29(21-23-11-5-2-6-12-23)27(28)26-16-15-24-13-7-8-14-25(24)19-26/h1-16,19,27H,17-18,20-21H2/p+2. The van der Waals surface area contributed by atoms with Gasteiger partial charge in [-0.2, -0.15) is 0 Å². The van der Waals surface area contributed by atoms with Gasteiger partial charge in [-0.05, 0) is 22.9 Å². The molecule has 2 atom stereocenters. The Kier molecular flexibility index (Phi) is 5.12. The van der Waals surface area contributed by atoms with E-state index in [0.717, 1.165) is 13.1 Å². The van der Waals surface area contributed by atoms with Crippen molar-refractivity contribution < 1.29 is 9.80 Å². The quantitative estimate of drug-likeness (QED) is 0.527. The Morgan fingerprint density at radius 3 is 1.66 bits per heavy atom. The molecule has 1 aliphatic rings. The summed E-state index contributed by atoms with van der Waals surface area (Å²) in [6.07, 6.45) is 0.458. The van der Waals surface area contributed by atoms with Crippen LogP contribution in [0, 0.1) is 0 Å². The summed E-state index contributed by atoms with van der Waals surface area (Å²) in [5.74, 6) is 0. The van der Waals surface area contributed by atoms with Crippen LogP contribution in [0.5, 0.6) is 0 Å². The molecule has 0 bridgehead atoms. The van der Waals surface area contributed by atoms with Crippen molar-refractivity contribution in [3.05, 3.63) is 120 Å². The number of benzene rings is 4. The van der Waals surface area contributed by atoms with Crippen molar-refractivity contribution >= 4 is 10.8 Å². The Morgan fingerprint density at radius 1 is 0.552 bits per heavy atom. The summed E-state index contributed by atoms with van der Waals surface area (Å²) >= 11 is 0. The molecule has 0 aliphatic carbocycles. The maximum atomic E-state index is 2.42. The summed E-state index contributed by atoms with van der Waals surface area (Å²) < 4.78 is 0. The number of rotatable bonds is 5. The predicted molar refractivity (Wildman–Crippen MR) is 119 cm³/mol. The average Bonchev–Trinajstić information content (AvgIpc) is 3.16. The zero-order valence-electron chi connectivity index (χ0n) is 16.7. The smallest absolute Gasteiger partial charge is 0.241 e. The van der Waals surface area contributed by atoms with E-state index in [9.17, 15) is 0 Å². The summed E-state index contributed by atoms with van der Waals surface area (Å²) in [7, 11) is 0. The molecule has 0 spiro atoms. The normalized spacial score (nSPS) is 21.4. The molecular weight excluding hydrogens is 352 g/mol. The highest BCUT2D eigenvalue weighted by Gasteiger charge is 2.40. The maximum absolute atomic E-state index is 2.42. The number of hydrogen-bond donors (Lipinski definition) is 2. The lowest BCUT2D eigenvalue weighted by Gasteiger charge is -2.25. The van der Waals surface area contributed by atoms with Gasteiger partial charge in [-0.15, -0.1) is 0 Å². The van der Waals surface area contributed by atoms with E-state index in [1.54, 1.807) is 9.80 Å². The van der Waals surface area contributed by atoms with Crippen LogP contribution in [0.15, 0.2) is 103 Å². The number of nitrogens with one attached hydrogen (secondary N) is 2. The van der Waals surface area contributed by atoms with Crippen molar-refractivity contribution in [3.63, 3.8) is 0 Å². The van der Waals surface area contributed by atoms with Crippen LogP contribution in [0.4, 0.5) is 0 Å². The fraction of sp³-hybridized carbons (Fsp3) is 0.185. The van der Waals surface area contributed by atoms with Gasteiger partial charge < -0.3 is 0 Å². The maximum Gasteiger partial charge on any atom is 0.241 e. The molecule has 1 heterocycles. The van der Waals surface area contributed by atoms with Crippen LogP contribution in [0.2, 0.25) is 0 Å². The first-order valence-electron chi connectivity index (χ1n) is 10.6. The first kappa shape index (κ1) is 18.1. The Morgan fingerprint density at radius 2 is 1.07 bits per heavy atom. The molecule has 2 N–H and O–H groups in total. The minimum atomic E-state index is 0.458. The van der Waals surface area contributed by atoms with Crippen LogP contribution >= 0.6 is 0 Å². The van der Waals surface area contributed by atoms with E-state index < -0.39 is 0 Å². The van der Waals surface area contributed by atoms with Gasteiger partial charge in [0.15, 0.2) is 0 Å². The van der Waals surface area contributed by atoms with Crippen molar-refractivity contribution in [3.8, 4) is 0 Å². The third kappa shape index (κ3) is 3.95. The predicted octanol–water partition coefficient (Wildman–Crippen LogP) is 3.02. The highest BCUT2D eigenvalue weighted by atomic mass is 15.4. The minimum absolute atomic E-state index is 0.458. The molecule has 0 amide bonds. The zero-order valence-corrected chi connectivity index (χ0v) is 16.7. The monoisotopic (exact) mass is 380 g/mol. The molecule has 1 fully saturated rings. The zero-order chi connectivity index (χ0) is 19.5. The van der Waals surface area contributed by atoms with Crippen molar-refractivity contribution in [2.75, 3.05) is 13.1 Å². The van der Waals surface area contributed by atoms with Gasteiger partial charge in [-0.1, -0.05) is 91.0 Å². The number of quaternary nitrogens is 2. The number of hydrogen-bond acceptors (Lipinski definition) is 0.